The Bertz CT molecular complexity index is 682. The van der Waals surface area contributed by atoms with Gasteiger partial charge in [0.05, 0.1) is 16.7 Å². The Labute approximate surface area is 150 Å². The van der Waals surface area contributed by atoms with Crippen LogP contribution in [-0.4, -0.2) is 28.5 Å². The number of nitriles is 1. The number of carbonyl (C=O) groups is 2. The molecule has 24 heavy (non-hydrogen) atoms. The third-order valence-electron chi connectivity index (χ3n) is 3.97. The molecule has 0 aliphatic heterocycles. The van der Waals surface area contributed by atoms with Gasteiger partial charge in [0.1, 0.15) is 10.7 Å². The molecule has 1 heterocycles. The summed E-state index contributed by atoms with van der Waals surface area (Å²) in [5.41, 5.74) is -0.780. The van der Waals surface area contributed by atoms with E-state index in [2.05, 4.69) is 16.4 Å². The van der Waals surface area contributed by atoms with E-state index in [4.69, 9.17) is 27.9 Å². The third kappa shape index (κ3) is 4.37. The SMILES string of the molecule is C[C@@H](OC(=O)c1cnc(Cl)c(Cl)c1)C(=O)NC1(C#N)CCCCC1. The second-order valence-corrected chi connectivity index (χ2v) is 6.55. The van der Waals surface area contributed by atoms with Gasteiger partial charge in [0.25, 0.3) is 5.91 Å². The molecule has 8 heteroatoms. The van der Waals surface area contributed by atoms with Crippen LogP contribution in [-0.2, 0) is 9.53 Å². The molecule has 1 aliphatic rings. The molecule has 1 fully saturated rings. The minimum Gasteiger partial charge on any atom is -0.449 e. The maximum absolute atomic E-state index is 12.3. The van der Waals surface area contributed by atoms with E-state index >= 15 is 0 Å². The van der Waals surface area contributed by atoms with Gasteiger partial charge in [-0.3, -0.25) is 4.79 Å². The third-order valence-corrected chi connectivity index (χ3v) is 4.65. The molecule has 1 amide bonds. The van der Waals surface area contributed by atoms with E-state index in [1.54, 1.807) is 0 Å². The molecule has 2 rings (SSSR count). The quantitative estimate of drug-likeness (QED) is 0.649. The number of hydrogen-bond acceptors (Lipinski definition) is 5. The summed E-state index contributed by atoms with van der Waals surface area (Å²) < 4.78 is 5.12. The summed E-state index contributed by atoms with van der Waals surface area (Å²) in [6.45, 7) is 1.45. The summed E-state index contributed by atoms with van der Waals surface area (Å²) in [6.07, 6.45) is 4.21. The van der Waals surface area contributed by atoms with Crippen molar-refractivity contribution in [3.05, 3.63) is 28.0 Å². The summed E-state index contributed by atoms with van der Waals surface area (Å²) in [5.74, 6) is -1.24. The van der Waals surface area contributed by atoms with Crippen molar-refractivity contribution < 1.29 is 14.3 Å². The van der Waals surface area contributed by atoms with Crippen LogP contribution in [0.25, 0.3) is 0 Å². The molecule has 1 N–H and O–H groups in total. The maximum atomic E-state index is 12.3. The van der Waals surface area contributed by atoms with Crippen molar-refractivity contribution in [1.29, 1.82) is 5.26 Å². The van der Waals surface area contributed by atoms with Crippen molar-refractivity contribution in [2.24, 2.45) is 0 Å². The fourth-order valence-electron chi connectivity index (χ4n) is 2.57. The lowest BCUT2D eigenvalue weighted by atomic mass is 9.83. The Morgan fingerprint density at radius 3 is 2.62 bits per heavy atom. The zero-order chi connectivity index (χ0) is 17.7. The predicted molar refractivity (Wildman–Crippen MR) is 88.7 cm³/mol. The minimum absolute atomic E-state index is 0.0762. The number of ether oxygens (including phenoxy) is 1. The van der Waals surface area contributed by atoms with Crippen LogP contribution in [0.15, 0.2) is 12.3 Å². The fourth-order valence-corrected chi connectivity index (χ4v) is 2.84. The highest BCUT2D eigenvalue weighted by Gasteiger charge is 2.35. The van der Waals surface area contributed by atoms with Gasteiger partial charge in [-0.15, -0.1) is 0 Å². The van der Waals surface area contributed by atoms with E-state index in [1.165, 1.54) is 19.2 Å². The molecular weight excluding hydrogens is 353 g/mol. The molecule has 0 unspecified atom stereocenters. The van der Waals surface area contributed by atoms with Crippen LogP contribution in [0.3, 0.4) is 0 Å². The molecular formula is C16H17Cl2N3O3. The van der Waals surface area contributed by atoms with Crippen LogP contribution in [0.2, 0.25) is 10.2 Å². The number of carbonyl (C=O) groups excluding carboxylic acids is 2. The van der Waals surface area contributed by atoms with E-state index in [9.17, 15) is 14.9 Å². The zero-order valence-corrected chi connectivity index (χ0v) is 14.7. The number of nitrogens with zero attached hydrogens (tertiary/aromatic N) is 2. The monoisotopic (exact) mass is 369 g/mol. The molecule has 0 bridgehead atoms. The number of rotatable bonds is 4. The standard InChI is InChI=1S/C16H17Cl2N3O3/c1-10(14(22)21-16(9-19)5-3-2-4-6-16)24-15(23)11-7-12(17)13(18)20-8-11/h7-8,10H,2-6H2,1H3,(H,21,22)/t10-/m1/s1. The van der Waals surface area contributed by atoms with Crippen molar-refractivity contribution in [3.63, 3.8) is 0 Å². The highest BCUT2D eigenvalue weighted by Crippen LogP contribution is 2.27. The Balaban J connectivity index is 1.99. The molecule has 0 aromatic carbocycles. The average Bonchev–Trinajstić information content (AvgIpc) is 2.58. The molecule has 1 aromatic rings. The first-order chi connectivity index (χ1) is 11.4. The van der Waals surface area contributed by atoms with Crippen LogP contribution in [0.1, 0.15) is 49.4 Å². The Hall–Kier alpha value is -1.84. The van der Waals surface area contributed by atoms with Gasteiger partial charge >= 0.3 is 5.97 Å². The second-order valence-electron chi connectivity index (χ2n) is 5.79. The van der Waals surface area contributed by atoms with Crippen LogP contribution in [0.5, 0.6) is 0 Å². The van der Waals surface area contributed by atoms with Crippen molar-refractivity contribution in [1.82, 2.24) is 10.3 Å². The van der Waals surface area contributed by atoms with E-state index in [0.29, 0.717) is 12.8 Å². The molecule has 128 valence electrons. The van der Waals surface area contributed by atoms with Gasteiger partial charge in [-0.25, -0.2) is 9.78 Å². The van der Waals surface area contributed by atoms with Crippen LogP contribution in [0.4, 0.5) is 0 Å². The summed E-state index contributed by atoms with van der Waals surface area (Å²) in [4.78, 5) is 28.1. The molecule has 0 radical (unpaired) electrons. The van der Waals surface area contributed by atoms with Gasteiger partial charge < -0.3 is 10.1 Å². The predicted octanol–water partition coefficient (Wildman–Crippen LogP) is 3.28. The van der Waals surface area contributed by atoms with Crippen molar-refractivity contribution in [3.8, 4) is 6.07 Å². The zero-order valence-electron chi connectivity index (χ0n) is 13.1. The maximum Gasteiger partial charge on any atom is 0.340 e. The molecule has 1 atom stereocenters. The highest BCUT2D eigenvalue weighted by molar-refractivity contribution is 6.41. The lowest BCUT2D eigenvalue weighted by molar-refractivity contribution is -0.130. The van der Waals surface area contributed by atoms with E-state index < -0.39 is 23.5 Å². The average molecular weight is 370 g/mol. The van der Waals surface area contributed by atoms with Crippen molar-refractivity contribution >= 4 is 35.1 Å². The largest absolute Gasteiger partial charge is 0.449 e. The Morgan fingerprint density at radius 2 is 2.04 bits per heavy atom. The van der Waals surface area contributed by atoms with Gasteiger partial charge in [0, 0.05) is 6.20 Å². The first kappa shape index (κ1) is 18.5. The number of pyridine rings is 1. The van der Waals surface area contributed by atoms with Gasteiger partial charge in [-0.2, -0.15) is 5.26 Å². The van der Waals surface area contributed by atoms with Crippen LogP contribution >= 0.6 is 23.2 Å². The Morgan fingerprint density at radius 1 is 1.38 bits per heavy atom. The lowest BCUT2D eigenvalue weighted by Crippen LogP contribution is -2.52. The summed E-state index contributed by atoms with van der Waals surface area (Å²) in [7, 11) is 0. The van der Waals surface area contributed by atoms with Crippen molar-refractivity contribution in [2.75, 3.05) is 0 Å². The minimum atomic E-state index is -1.04. The smallest absolute Gasteiger partial charge is 0.340 e. The number of hydrogen-bond donors (Lipinski definition) is 1. The number of aromatic nitrogens is 1. The van der Waals surface area contributed by atoms with Crippen LogP contribution < -0.4 is 5.32 Å². The fraction of sp³-hybridized carbons (Fsp3) is 0.500. The van der Waals surface area contributed by atoms with Crippen LogP contribution in [0, 0.1) is 11.3 Å². The summed E-state index contributed by atoms with van der Waals surface area (Å²) >= 11 is 11.5. The Kier molecular flexibility index (Phi) is 6.03. The van der Waals surface area contributed by atoms with E-state index in [0.717, 1.165) is 19.3 Å². The van der Waals surface area contributed by atoms with E-state index in [1.807, 2.05) is 0 Å². The number of nitrogens with one attached hydrogen (secondary N) is 1. The summed E-state index contributed by atoms with van der Waals surface area (Å²) in [6, 6.07) is 3.51. The normalized spacial score (nSPS) is 17.4. The first-order valence-electron chi connectivity index (χ1n) is 7.62. The topological polar surface area (TPSA) is 92.1 Å². The number of amides is 1. The molecule has 0 saturated heterocycles. The van der Waals surface area contributed by atoms with Crippen molar-refractivity contribution in [2.45, 2.75) is 50.7 Å². The van der Waals surface area contributed by atoms with Gasteiger partial charge in [-0.05, 0) is 25.8 Å². The molecule has 1 saturated carbocycles. The first-order valence-corrected chi connectivity index (χ1v) is 8.38. The number of halogens is 2. The molecule has 6 nitrogen and oxygen atoms in total. The van der Waals surface area contributed by atoms with Gasteiger partial charge in [0.15, 0.2) is 6.10 Å². The van der Waals surface area contributed by atoms with Gasteiger partial charge in [-0.1, -0.05) is 42.5 Å². The second kappa shape index (κ2) is 7.82. The molecule has 1 aromatic heterocycles. The summed E-state index contributed by atoms with van der Waals surface area (Å²) in [5, 5.41) is 12.3. The molecule has 1 aliphatic carbocycles. The van der Waals surface area contributed by atoms with E-state index in [-0.39, 0.29) is 15.7 Å². The molecule has 0 spiro atoms. The lowest BCUT2D eigenvalue weighted by Gasteiger charge is -2.32. The van der Waals surface area contributed by atoms with Gasteiger partial charge in [0.2, 0.25) is 0 Å². The highest BCUT2D eigenvalue weighted by atomic mass is 35.5. The number of esters is 1.